The summed E-state index contributed by atoms with van der Waals surface area (Å²) >= 11 is 0. The van der Waals surface area contributed by atoms with E-state index >= 15 is 0 Å². The lowest BCUT2D eigenvalue weighted by molar-refractivity contribution is -0.362. The fraction of sp³-hybridized carbons (Fsp3) is 0.600. The number of carbonyl (C=O) groups is 2. The lowest BCUT2D eigenvalue weighted by atomic mass is 9.80. The second-order valence-corrected chi connectivity index (χ2v) is 9.57. The molecule has 2 radical (unpaired) electrons. The first-order valence-corrected chi connectivity index (χ1v) is 11.9. The first kappa shape index (κ1) is 28.9. The van der Waals surface area contributed by atoms with Gasteiger partial charge in [0.05, 0.1) is 13.8 Å². The first-order valence-electron chi connectivity index (χ1n) is 10.2. The van der Waals surface area contributed by atoms with Gasteiger partial charge in [-0.05, 0) is 37.8 Å². The van der Waals surface area contributed by atoms with Crippen molar-refractivity contribution in [2.45, 2.75) is 50.0 Å². The van der Waals surface area contributed by atoms with Gasteiger partial charge in [-0.3, -0.25) is 14.1 Å². The summed E-state index contributed by atoms with van der Waals surface area (Å²) in [7, 11) is -0.382. The molecule has 0 aromatic heterocycles. The number of halogens is 6. The molecule has 1 aromatic rings. The van der Waals surface area contributed by atoms with E-state index in [0.29, 0.717) is 12.1 Å². The van der Waals surface area contributed by atoms with Gasteiger partial charge >= 0.3 is 23.9 Å². The van der Waals surface area contributed by atoms with Crippen molar-refractivity contribution in [3.8, 4) is 5.75 Å². The van der Waals surface area contributed by atoms with Gasteiger partial charge in [0, 0.05) is 5.92 Å². The minimum Gasteiger partial charge on any atom is -0.486 e. The Morgan fingerprint density at radius 1 is 0.943 bits per heavy atom. The lowest BCUT2D eigenvalue weighted by Gasteiger charge is -2.37. The third kappa shape index (κ3) is 7.35. The van der Waals surface area contributed by atoms with Gasteiger partial charge in [-0.2, -0.15) is 34.8 Å². The van der Waals surface area contributed by atoms with E-state index in [1.807, 2.05) is 0 Å². The predicted molar refractivity (Wildman–Crippen MR) is 109 cm³/mol. The summed E-state index contributed by atoms with van der Waals surface area (Å²) < 4.78 is 120. The van der Waals surface area contributed by atoms with E-state index < -0.39 is 51.6 Å². The van der Waals surface area contributed by atoms with Crippen LogP contribution >= 0.6 is 0 Å². The third-order valence-electron chi connectivity index (χ3n) is 5.63. The average molecular weight is 530 g/mol. The van der Waals surface area contributed by atoms with Crippen molar-refractivity contribution in [3.63, 3.8) is 0 Å². The number of alkyl halides is 6. The molecule has 1 aliphatic rings. The van der Waals surface area contributed by atoms with Crippen molar-refractivity contribution >= 4 is 29.7 Å². The summed E-state index contributed by atoms with van der Waals surface area (Å²) in [5.41, 5.74) is -4.60. The largest absolute Gasteiger partial charge is 0.486 e. The van der Waals surface area contributed by atoms with Gasteiger partial charge in [-0.1, -0.05) is 24.0 Å². The number of ketones is 1. The van der Waals surface area contributed by atoms with Crippen LogP contribution in [0.3, 0.4) is 0 Å². The Kier molecular flexibility index (Phi) is 8.91. The molecule has 0 heterocycles. The summed E-state index contributed by atoms with van der Waals surface area (Å²) in [6.07, 6.45) is -13.0. The van der Waals surface area contributed by atoms with E-state index in [-0.39, 0.29) is 38.1 Å². The highest BCUT2D eigenvalue weighted by molar-refractivity contribution is 7.85. The number of carbonyl (C=O) groups excluding carboxylic acids is 2. The zero-order chi connectivity index (χ0) is 26.7. The predicted octanol–water partition coefficient (Wildman–Crippen LogP) is 3.40. The standard InChI is InChI=1S/C20H21BF6O7S/c21-9-12-1-7-15(8-2-12)33-10-16(28)13-3-5-14(6-4-13)17(29)34-18(19(22,23)24,20(25,26)27)11-35(30,31)32/h1-2,7-8,13-14H,3-6,9-11H2,(H,30,31,32). The number of rotatable bonds is 9. The van der Waals surface area contributed by atoms with Crippen molar-refractivity contribution in [1.29, 1.82) is 0 Å². The summed E-state index contributed by atoms with van der Waals surface area (Å²) in [5.74, 6) is -6.92. The van der Waals surface area contributed by atoms with Gasteiger partial charge in [0.1, 0.15) is 18.1 Å². The molecule has 15 heteroatoms. The normalized spacial score (nSPS) is 19.7. The average Bonchev–Trinajstić information content (AvgIpc) is 2.75. The maximum absolute atomic E-state index is 13.3. The summed E-state index contributed by atoms with van der Waals surface area (Å²) in [5, 5.41) is 0. The molecule has 7 nitrogen and oxygen atoms in total. The summed E-state index contributed by atoms with van der Waals surface area (Å²) in [6.45, 7) is -0.332. The maximum Gasteiger partial charge on any atom is 0.438 e. The monoisotopic (exact) mass is 530 g/mol. The molecule has 0 saturated heterocycles. The van der Waals surface area contributed by atoms with Crippen LogP contribution in [0, 0.1) is 11.8 Å². The lowest BCUT2D eigenvalue weighted by Crippen LogP contribution is -2.63. The molecule has 1 fully saturated rings. The Labute approximate surface area is 198 Å². The molecule has 35 heavy (non-hydrogen) atoms. The zero-order valence-electron chi connectivity index (χ0n) is 18.1. The van der Waals surface area contributed by atoms with Gasteiger partial charge in [0.15, 0.2) is 5.78 Å². The van der Waals surface area contributed by atoms with E-state index in [9.17, 15) is 44.3 Å². The Morgan fingerprint density at radius 2 is 1.43 bits per heavy atom. The van der Waals surface area contributed by atoms with Gasteiger partial charge in [-0.25, -0.2) is 0 Å². The Morgan fingerprint density at radius 3 is 1.86 bits per heavy atom. The molecule has 194 valence electrons. The SMILES string of the molecule is [B]Cc1ccc(OCC(=O)C2CCC(C(=O)OC(CS(=O)(=O)O)(C(F)(F)F)C(F)(F)F)CC2)cc1. The Hall–Kier alpha value is -2.29. The molecule has 0 spiro atoms. The number of ether oxygens (including phenoxy) is 2. The second kappa shape index (κ2) is 10.8. The molecule has 0 amide bonds. The molecular weight excluding hydrogens is 509 g/mol. The highest BCUT2D eigenvalue weighted by Gasteiger charge is 2.76. The van der Waals surface area contributed by atoms with Crippen LogP contribution in [0.25, 0.3) is 0 Å². The van der Waals surface area contributed by atoms with Crippen molar-refractivity contribution < 1.29 is 58.4 Å². The van der Waals surface area contributed by atoms with Crippen molar-refractivity contribution in [2.75, 3.05) is 12.4 Å². The molecule has 0 atom stereocenters. The molecule has 1 saturated carbocycles. The van der Waals surface area contributed by atoms with Gasteiger partial charge in [0.2, 0.25) is 0 Å². The minimum atomic E-state index is -6.39. The van der Waals surface area contributed by atoms with Crippen LogP contribution < -0.4 is 4.74 Å². The molecule has 0 bridgehead atoms. The number of hydrogen-bond acceptors (Lipinski definition) is 6. The highest BCUT2D eigenvalue weighted by atomic mass is 32.2. The van der Waals surface area contributed by atoms with Crippen LogP contribution in [0.15, 0.2) is 24.3 Å². The van der Waals surface area contributed by atoms with E-state index in [1.165, 1.54) is 0 Å². The van der Waals surface area contributed by atoms with E-state index in [0.717, 1.165) is 5.56 Å². The van der Waals surface area contributed by atoms with Crippen molar-refractivity contribution in [3.05, 3.63) is 29.8 Å². The van der Waals surface area contributed by atoms with E-state index in [1.54, 1.807) is 24.3 Å². The van der Waals surface area contributed by atoms with Crippen molar-refractivity contribution in [1.82, 2.24) is 0 Å². The molecule has 1 aromatic carbocycles. The fourth-order valence-electron chi connectivity index (χ4n) is 3.63. The van der Waals surface area contributed by atoms with Gasteiger partial charge < -0.3 is 9.47 Å². The second-order valence-electron chi connectivity index (χ2n) is 8.12. The minimum absolute atomic E-state index is 0.0304. The molecule has 1 aliphatic carbocycles. The Bertz CT molecular complexity index is 986. The maximum atomic E-state index is 13.3. The zero-order valence-corrected chi connectivity index (χ0v) is 18.9. The van der Waals surface area contributed by atoms with Gasteiger partial charge in [-0.15, -0.1) is 0 Å². The van der Waals surface area contributed by atoms with E-state index in [2.05, 4.69) is 4.74 Å². The number of hydrogen-bond donors (Lipinski definition) is 1. The highest BCUT2D eigenvalue weighted by Crippen LogP contribution is 2.47. The van der Waals surface area contributed by atoms with Crippen LogP contribution in [-0.4, -0.2) is 62.9 Å². The fourth-order valence-corrected chi connectivity index (χ4v) is 4.53. The van der Waals surface area contributed by atoms with Crippen LogP contribution in [0.2, 0.25) is 0 Å². The molecule has 0 aliphatic heterocycles. The van der Waals surface area contributed by atoms with Gasteiger partial charge in [0.25, 0.3) is 10.1 Å². The summed E-state index contributed by atoms with van der Waals surface area (Å²) in [6, 6.07) is 6.59. The number of Topliss-reactive ketones (excluding diaryl/α,β-unsaturated/α-hetero) is 1. The van der Waals surface area contributed by atoms with Crippen LogP contribution in [0.4, 0.5) is 26.3 Å². The third-order valence-corrected chi connectivity index (χ3v) is 6.40. The molecule has 2 rings (SSSR count). The molecule has 1 N–H and O–H groups in total. The topological polar surface area (TPSA) is 107 Å². The van der Waals surface area contributed by atoms with Crippen LogP contribution in [0.5, 0.6) is 5.75 Å². The quantitative estimate of drug-likeness (QED) is 0.226. The number of esters is 1. The smallest absolute Gasteiger partial charge is 0.438 e. The molecule has 0 unspecified atom stereocenters. The van der Waals surface area contributed by atoms with E-state index in [4.69, 9.17) is 17.1 Å². The number of benzene rings is 1. The van der Waals surface area contributed by atoms with Crippen molar-refractivity contribution in [2.24, 2.45) is 11.8 Å². The van der Waals surface area contributed by atoms with Crippen LogP contribution in [0.1, 0.15) is 31.2 Å². The molecular formula is C20H21BF6O7S. The Balaban J connectivity index is 2.02. The van der Waals surface area contributed by atoms with Crippen LogP contribution in [-0.2, 0) is 30.8 Å². The first-order chi connectivity index (χ1) is 16.0. The summed E-state index contributed by atoms with van der Waals surface area (Å²) in [4.78, 5) is 24.6.